The summed E-state index contributed by atoms with van der Waals surface area (Å²) >= 11 is 1.57. The molecule has 1 amide bonds. The van der Waals surface area contributed by atoms with Crippen molar-refractivity contribution >= 4 is 23.6 Å². The van der Waals surface area contributed by atoms with Crippen LogP contribution in [0, 0.1) is 0 Å². The van der Waals surface area contributed by atoms with Crippen LogP contribution in [0.1, 0.15) is 42.1 Å². The fourth-order valence-corrected chi connectivity index (χ4v) is 2.53. The highest BCUT2D eigenvalue weighted by molar-refractivity contribution is 7.98. The number of benzene rings is 1. The molecule has 1 unspecified atom stereocenters. The maximum absolute atomic E-state index is 12.3. The normalized spacial score (nSPS) is 11.9. The predicted octanol–water partition coefficient (Wildman–Crippen LogP) is 2.97. The highest BCUT2D eigenvalue weighted by atomic mass is 32.2. The largest absolute Gasteiger partial charge is 0.480 e. The Bertz CT molecular complexity index is 476. The van der Waals surface area contributed by atoms with Crippen molar-refractivity contribution in [3.63, 3.8) is 0 Å². The Kier molecular flexibility index (Phi) is 7.90. The maximum Gasteiger partial charge on any atom is 0.326 e. The van der Waals surface area contributed by atoms with E-state index in [1.807, 2.05) is 24.5 Å². The van der Waals surface area contributed by atoms with E-state index in [1.54, 1.807) is 17.8 Å². The van der Waals surface area contributed by atoms with Gasteiger partial charge in [-0.15, -0.1) is 0 Å². The van der Waals surface area contributed by atoms with Gasteiger partial charge in [-0.1, -0.05) is 31.5 Å². The number of aliphatic carboxylic acids is 1. The summed E-state index contributed by atoms with van der Waals surface area (Å²) in [5, 5.41) is 11.8. The second-order valence-corrected chi connectivity index (χ2v) is 5.89. The standard InChI is InChI=1S/C16H23NO3S/c1-3-4-7-12-8-5-6-9-13(12)15(18)17-14(16(19)20)10-11-21-2/h5-6,8-9,14H,3-4,7,10-11H2,1-2H3,(H,17,18)(H,19,20). The summed E-state index contributed by atoms with van der Waals surface area (Å²) in [5.41, 5.74) is 1.56. The monoisotopic (exact) mass is 309 g/mol. The molecule has 0 saturated heterocycles. The maximum atomic E-state index is 12.3. The second-order valence-electron chi connectivity index (χ2n) is 4.91. The number of carboxylic acid groups (broad SMARTS) is 1. The minimum atomic E-state index is -0.983. The predicted molar refractivity (Wildman–Crippen MR) is 86.9 cm³/mol. The van der Waals surface area contributed by atoms with E-state index < -0.39 is 12.0 Å². The van der Waals surface area contributed by atoms with Crippen molar-refractivity contribution in [1.29, 1.82) is 0 Å². The molecule has 2 N–H and O–H groups in total. The molecule has 1 rings (SSSR count). The van der Waals surface area contributed by atoms with Gasteiger partial charge in [0.2, 0.25) is 0 Å². The Labute approximate surface area is 130 Å². The van der Waals surface area contributed by atoms with Gasteiger partial charge in [0.15, 0.2) is 0 Å². The van der Waals surface area contributed by atoms with Crippen molar-refractivity contribution in [3.8, 4) is 0 Å². The van der Waals surface area contributed by atoms with Crippen molar-refractivity contribution in [2.24, 2.45) is 0 Å². The Morgan fingerprint density at radius 1 is 1.33 bits per heavy atom. The third kappa shape index (κ3) is 5.79. The van der Waals surface area contributed by atoms with E-state index in [-0.39, 0.29) is 5.91 Å². The molecule has 0 fully saturated rings. The third-order valence-electron chi connectivity index (χ3n) is 3.28. The molecule has 1 atom stereocenters. The van der Waals surface area contributed by atoms with Crippen molar-refractivity contribution in [3.05, 3.63) is 35.4 Å². The van der Waals surface area contributed by atoms with Gasteiger partial charge >= 0.3 is 5.97 Å². The lowest BCUT2D eigenvalue weighted by Crippen LogP contribution is -2.41. The van der Waals surface area contributed by atoms with E-state index in [4.69, 9.17) is 0 Å². The number of unbranched alkanes of at least 4 members (excludes halogenated alkanes) is 1. The van der Waals surface area contributed by atoms with Crippen LogP contribution < -0.4 is 5.32 Å². The summed E-state index contributed by atoms with van der Waals surface area (Å²) in [6, 6.07) is 6.58. The van der Waals surface area contributed by atoms with Crippen LogP contribution in [0.15, 0.2) is 24.3 Å². The van der Waals surface area contributed by atoms with Gasteiger partial charge in [-0.05, 0) is 42.9 Å². The molecule has 0 saturated carbocycles. The first-order valence-electron chi connectivity index (χ1n) is 7.20. The van der Waals surface area contributed by atoms with Crippen LogP contribution in [0.25, 0.3) is 0 Å². The summed E-state index contributed by atoms with van der Waals surface area (Å²) in [5.74, 6) is -0.576. The number of hydrogen-bond donors (Lipinski definition) is 2. The number of carbonyl (C=O) groups is 2. The van der Waals surface area contributed by atoms with Gasteiger partial charge in [-0.25, -0.2) is 4.79 Å². The number of carbonyl (C=O) groups excluding carboxylic acids is 1. The van der Waals surface area contributed by atoms with Crippen LogP contribution in [-0.2, 0) is 11.2 Å². The molecule has 116 valence electrons. The lowest BCUT2D eigenvalue weighted by atomic mass is 10.0. The summed E-state index contributed by atoms with van der Waals surface area (Å²) in [6.07, 6.45) is 5.25. The zero-order valence-corrected chi connectivity index (χ0v) is 13.4. The van der Waals surface area contributed by atoms with Gasteiger partial charge in [0.1, 0.15) is 6.04 Å². The summed E-state index contributed by atoms with van der Waals surface area (Å²) < 4.78 is 0. The molecule has 1 aromatic carbocycles. The number of thioether (sulfide) groups is 1. The first kappa shape index (κ1) is 17.6. The zero-order valence-electron chi connectivity index (χ0n) is 12.6. The van der Waals surface area contributed by atoms with Gasteiger partial charge in [-0.2, -0.15) is 11.8 Å². The number of carboxylic acids is 1. The number of hydrogen-bond acceptors (Lipinski definition) is 3. The molecule has 0 aliphatic rings. The zero-order chi connectivity index (χ0) is 15.7. The fourth-order valence-electron chi connectivity index (χ4n) is 2.06. The van der Waals surface area contributed by atoms with Crippen molar-refractivity contribution in [1.82, 2.24) is 5.32 Å². The first-order chi connectivity index (χ1) is 10.1. The lowest BCUT2D eigenvalue weighted by Gasteiger charge is -2.15. The quantitative estimate of drug-likeness (QED) is 0.736. The van der Waals surface area contributed by atoms with Crippen LogP contribution in [0.3, 0.4) is 0 Å². The summed E-state index contributed by atoms with van der Waals surface area (Å²) in [7, 11) is 0. The van der Waals surface area contributed by atoms with Crippen LogP contribution in [0.2, 0.25) is 0 Å². The van der Waals surface area contributed by atoms with Crippen LogP contribution in [-0.4, -0.2) is 35.0 Å². The van der Waals surface area contributed by atoms with Gasteiger partial charge in [0.05, 0.1) is 0 Å². The van der Waals surface area contributed by atoms with Gasteiger partial charge in [-0.3, -0.25) is 4.79 Å². The molecule has 1 aromatic rings. The molecule has 0 spiro atoms. The van der Waals surface area contributed by atoms with Crippen molar-refractivity contribution in [2.45, 2.75) is 38.6 Å². The molecule has 0 aliphatic heterocycles. The number of rotatable bonds is 9. The van der Waals surface area contributed by atoms with E-state index >= 15 is 0 Å². The molecule has 4 nitrogen and oxygen atoms in total. The molecule has 5 heteroatoms. The lowest BCUT2D eigenvalue weighted by molar-refractivity contribution is -0.139. The van der Waals surface area contributed by atoms with Gasteiger partial charge in [0, 0.05) is 5.56 Å². The molecule has 0 aliphatic carbocycles. The molecule has 0 aromatic heterocycles. The molecule has 21 heavy (non-hydrogen) atoms. The molecule has 0 heterocycles. The van der Waals surface area contributed by atoms with Crippen molar-refractivity contribution in [2.75, 3.05) is 12.0 Å². The fraction of sp³-hybridized carbons (Fsp3) is 0.500. The van der Waals surface area contributed by atoms with E-state index in [0.29, 0.717) is 17.7 Å². The van der Waals surface area contributed by atoms with E-state index in [1.165, 1.54) is 0 Å². The van der Waals surface area contributed by atoms with E-state index in [9.17, 15) is 14.7 Å². The molecular weight excluding hydrogens is 286 g/mol. The average molecular weight is 309 g/mol. The number of amides is 1. The highest BCUT2D eigenvalue weighted by Gasteiger charge is 2.21. The molecule has 0 radical (unpaired) electrons. The second kappa shape index (κ2) is 9.45. The van der Waals surface area contributed by atoms with Gasteiger partial charge in [0.25, 0.3) is 5.91 Å². The number of aryl methyl sites for hydroxylation is 1. The van der Waals surface area contributed by atoms with Crippen LogP contribution >= 0.6 is 11.8 Å². The highest BCUT2D eigenvalue weighted by Crippen LogP contribution is 2.13. The first-order valence-corrected chi connectivity index (χ1v) is 8.60. The third-order valence-corrected chi connectivity index (χ3v) is 3.92. The van der Waals surface area contributed by atoms with Crippen LogP contribution in [0.5, 0.6) is 0 Å². The smallest absolute Gasteiger partial charge is 0.326 e. The van der Waals surface area contributed by atoms with E-state index in [2.05, 4.69) is 12.2 Å². The minimum Gasteiger partial charge on any atom is -0.480 e. The van der Waals surface area contributed by atoms with Crippen LogP contribution in [0.4, 0.5) is 0 Å². The Hall–Kier alpha value is -1.49. The Morgan fingerprint density at radius 2 is 2.05 bits per heavy atom. The molecule has 0 bridgehead atoms. The summed E-state index contributed by atoms with van der Waals surface area (Å²) in [6.45, 7) is 2.10. The summed E-state index contributed by atoms with van der Waals surface area (Å²) in [4.78, 5) is 23.5. The Balaban J connectivity index is 2.79. The van der Waals surface area contributed by atoms with Crippen molar-refractivity contribution < 1.29 is 14.7 Å². The molecular formula is C16H23NO3S. The SMILES string of the molecule is CCCCc1ccccc1C(=O)NC(CCSC)C(=O)O. The Morgan fingerprint density at radius 3 is 2.67 bits per heavy atom. The average Bonchev–Trinajstić information content (AvgIpc) is 2.49. The minimum absolute atomic E-state index is 0.296. The van der Waals surface area contributed by atoms with Gasteiger partial charge < -0.3 is 10.4 Å². The van der Waals surface area contributed by atoms with E-state index in [0.717, 1.165) is 24.8 Å². The number of nitrogens with one attached hydrogen (secondary N) is 1. The topological polar surface area (TPSA) is 66.4 Å².